The van der Waals surface area contributed by atoms with Crippen LogP contribution in [0, 0.1) is 12.7 Å². The van der Waals surface area contributed by atoms with Crippen molar-refractivity contribution < 1.29 is 8.91 Å². The lowest BCUT2D eigenvalue weighted by Crippen LogP contribution is -2.11. The number of thioether (sulfide) groups is 1. The molecule has 0 bridgehead atoms. The Morgan fingerprint density at radius 3 is 2.95 bits per heavy atom. The molecule has 0 saturated carbocycles. The second-order valence-electron chi connectivity index (χ2n) is 4.30. The van der Waals surface area contributed by atoms with Crippen LogP contribution in [0.1, 0.15) is 23.9 Å². The molecular formula is C13H16FN3OS. The first-order valence-corrected chi connectivity index (χ1v) is 7.36. The van der Waals surface area contributed by atoms with Crippen LogP contribution < -0.4 is 5.73 Å². The predicted molar refractivity (Wildman–Crippen MR) is 74.4 cm³/mol. The van der Waals surface area contributed by atoms with Gasteiger partial charge in [-0.2, -0.15) is 16.7 Å². The highest BCUT2D eigenvalue weighted by molar-refractivity contribution is 7.98. The van der Waals surface area contributed by atoms with Gasteiger partial charge in [0.1, 0.15) is 5.82 Å². The summed E-state index contributed by atoms with van der Waals surface area (Å²) in [5.41, 5.74) is 7.49. The minimum absolute atomic E-state index is 0.255. The van der Waals surface area contributed by atoms with E-state index in [1.54, 1.807) is 17.8 Å². The minimum Gasteiger partial charge on any atom is -0.337 e. The quantitative estimate of drug-likeness (QED) is 0.912. The van der Waals surface area contributed by atoms with E-state index in [1.807, 2.05) is 13.2 Å². The van der Waals surface area contributed by atoms with Crippen molar-refractivity contribution in [1.82, 2.24) is 10.1 Å². The molecule has 0 aliphatic carbocycles. The number of aromatic nitrogens is 2. The third-order valence-electron chi connectivity index (χ3n) is 2.82. The van der Waals surface area contributed by atoms with Crippen LogP contribution >= 0.6 is 11.8 Å². The van der Waals surface area contributed by atoms with Gasteiger partial charge in [-0.1, -0.05) is 5.16 Å². The van der Waals surface area contributed by atoms with Crippen LogP contribution in [0.4, 0.5) is 4.39 Å². The number of hydrogen-bond donors (Lipinski definition) is 1. The maximum absolute atomic E-state index is 13.0. The van der Waals surface area contributed by atoms with Gasteiger partial charge in [-0.25, -0.2) is 4.39 Å². The molecular weight excluding hydrogens is 265 g/mol. The Hall–Kier alpha value is -1.40. The van der Waals surface area contributed by atoms with Gasteiger partial charge in [0.25, 0.3) is 0 Å². The van der Waals surface area contributed by atoms with Gasteiger partial charge in [0.05, 0.1) is 6.04 Å². The first kappa shape index (κ1) is 14.0. The van der Waals surface area contributed by atoms with Gasteiger partial charge in [0, 0.05) is 5.56 Å². The van der Waals surface area contributed by atoms with Gasteiger partial charge < -0.3 is 10.3 Å². The summed E-state index contributed by atoms with van der Waals surface area (Å²) < 4.78 is 18.2. The average molecular weight is 281 g/mol. The van der Waals surface area contributed by atoms with Crippen molar-refractivity contribution in [3.05, 3.63) is 35.5 Å². The first-order valence-electron chi connectivity index (χ1n) is 5.96. The van der Waals surface area contributed by atoms with Gasteiger partial charge in [0.2, 0.25) is 11.7 Å². The number of benzene rings is 1. The van der Waals surface area contributed by atoms with Crippen LogP contribution in [0.25, 0.3) is 11.4 Å². The van der Waals surface area contributed by atoms with Gasteiger partial charge in [-0.3, -0.25) is 0 Å². The second-order valence-corrected chi connectivity index (χ2v) is 5.29. The molecule has 0 spiro atoms. The third kappa shape index (κ3) is 3.33. The molecule has 2 N–H and O–H groups in total. The van der Waals surface area contributed by atoms with Crippen molar-refractivity contribution in [2.75, 3.05) is 12.0 Å². The standard InChI is InChI=1S/C13H16FN3OS/c1-8-7-9(14)3-4-10(8)12-16-13(18-17-12)11(15)5-6-19-2/h3-4,7,11H,5-6,15H2,1-2H3. The fourth-order valence-electron chi connectivity index (χ4n) is 1.74. The predicted octanol–water partition coefficient (Wildman–Crippen LogP) is 2.94. The zero-order valence-electron chi connectivity index (χ0n) is 10.9. The first-order chi connectivity index (χ1) is 9.11. The van der Waals surface area contributed by atoms with E-state index in [0.29, 0.717) is 11.7 Å². The van der Waals surface area contributed by atoms with E-state index in [0.717, 1.165) is 23.3 Å². The molecule has 1 atom stereocenters. The summed E-state index contributed by atoms with van der Waals surface area (Å²) in [7, 11) is 0. The maximum atomic E-state index is 13.0. The monoisotopic (exact) mass is 281 g/mol. The van der Waals surface area contributed by atoms with Crippen LogP contribution in [0.2, 0.25) is 0 Å². The van der Waals surface area contributed by atoms with Crippen LogP contribution in [0.3, 0.4) is 0 Å². The Balaban J connectivity index is 2.20. The number of hydrogen-bond acceptors (Lipinski definition) is 5. The lowest BCUT2D eigenvalue weighted by atomic mass is 10.1. The highest BCUT2D eigenvalue weighted by Gasteiger charge is 2.16. The highest BCUT2D eigenvalue weighted by Crippen LogP contribution is 2.23. The van der Waals surface area contributed by atoms with E-state index in [9.17, 15) is 4.39 Å². The summed E-state index contributed by atoms with van der Waals surface area (Å²) in [5.74, 6) is 1.54. The number of nitrogens with two attached hydrogens (primary N) is 1. The molecule has 102 valence electrons. The lowest BCUT2D eigenvalue weighted by molar-refractivity contribution is 0.353. The third-order valence-corrected chi connectivity index (χ3v) is 3.47. The van der Waals surface area contributed by atoms with Gasteiger partial charge in [-0.05, 0) is 49.1 Å². The van der Waals surface area contributed by atoms with Crippen molar-refractivity contribution in [3.8, 4) is 11.4 Å². The van der Waals surface area contributed by atoms with E-state index in [-0.39, 0.29) is 11.9 Å². The van der Waals surface area contributed by atoms with E-state index >= 15 is 0 Å². The van der Waals surface area contributed by atoms with Crippen molar-refractivity contribution >= 4 is 11.8 Å². The molecule has 0 aliphatic heterocycles. The molecule has 0 amide bonds. The Bertz CT molecular complexity index is 559. The van der Waals surface area contributed by atoms with Crippen molar-refractivity contribution in [2.24, 2.45) is 5.73 Å². The highest BCUT2D eigenvalue weighted by atomic mass is 32.2. The average Bonchev–Trinajstić information content (AvgIpc) is 2.85. The van der Waals surface area contributed by atoms with Gasteiger partial charge >= 0.3 is 0 Å². The van der Waals surface area contributed by atoms with E-state index in [2.05, 4.69) is 10.1 Å². The van der Waals surface area contributed by atoms with Crippen LogP contribution in [-0.2, 0) is 0 Å². The smallest absolute Gasteiger partial charge is 0.243 e. The minimum atomic E-state index is -0.276. The Labute approximate surface area is 115 Å². The zero-order valence-corrected chi connectivity index (χ0v) is 11.7. The largest absolute Gasteiger partial charge is 0.337 e. The fraction of sp³-hybridized carbons (Fsp3) is 0.385. The maximum Gasteiger partial charge on any atom is 0.243 e. The molecule has 0 aliphatic rings. The molecule has 1 aromatic heterocycles. The number of nitrogens with zero attached hydrogens (tertiary/aromatic N) is 2. The number of halogens is 1. The molecule has 0 radical (unpaired) electrons. The summed E-state index contributed by atoms with van der Waals surface area (Å²) in [5, 5.41) is 3.91. The summed E-state index contributed by atoms with van der Waals surface area (Å²) in [6, 6.07) is 4.21. The lowest BCUT2D eigenvalue weighted by Gasteiger charge is -2.04. The molecule has 0 fully saturated rings. The number of aryl methyl sites for hydroxylation is 1. The molecule has 2 rings (SSSR count). The van der Waals surface area contributed by atoms with Crippen LogP contribution in [0.5, 0.6) is 0 Å². The Morgan fingerprint density at radius 1 is 1.47 bits per heavy atom. The number of rotatable bonds is 5. The molecule has 1 aromatic carbocycles. The van der Waals surface area contributed by atoms with Crippen molar-refractivity contribution in [1.29, 1.82) is 0 Å². The molecule has 2 aromatic rings. The molecule has 19 heavy (non-hydrogen) atoms. The van der Waals surface area contributed by atoms with Crippen LogP contribution in [-0.4, -0.2) is 22.1 Å². The van der Waals surface area contributed by atoms with Crippen molar-refractivity contribution in [3.63, 3.8) is 0 Å². The van der Waals surface area contributed by atoms with Gasteiger partial charge in [-0.15, -0.1) is 0 Å². The molecule has 4 nitrogen and oxygen atoms in total. The SMILES string of the molecule is CSCCC(N)c1nc(-c2ccc(F)cc2C)no1. The Kier molecular flexibility index (Phi) is 4.55. The second kappa shape index (κ2) is 6.16. The summed E-state index contributed by atoms with van der Waals surface area (Å²) in [4.78, 5) is 4.29. The summed E-state index contributed by atoms with van der Waals surface area (Å²) >= 11 is 1.72. The van der Waals surface area contributed by atoms with E-state index < -0.39 is 0 Å². The zero-order chi connectivity index (χ0) is 13.8. The van der Waals surface area contributed by atoms with E-state index in [1.165, 1.54) is 12.1 Å². The van der Waals surface area contributed by atoms with Crippen LogP contribution in [0.15, 0.2) is 22.7 Å². The normalized spacial score (nSPS) is 12.6. The van der Waals surface area contributed by atoms with Crippen molar-refractivity contribution in [2.45, 2.75) is 19.4 Å². The molecule has 6 heteroatoms. The molecule has 1 unspecified atom stereocenters. The Morgan fingerprint density at radius 2 is 2.26 bits per heavy atom. The topological polar surface area (TPSA) is 64.9 Å². The van der Waals surface area contributed by atoms with E-state index in [4.69, 9.17) is 10.3 Å². The van der Waals surface area contributed by atoms with Gasteiger partial charge in [0.15, 0.2) is 0 Å². The summed E-state index contributed by atoms with van der Waals surface area (Å²) in [6.45, 7) is 1.81. The fourth-order valence-corrected chi connectivity index (χ4v) is 2.23. The molecule has 0 saturated heterocycles. The molecule has 1 heterocycles. The summed E-state index contributed by atoms with van der Waals surface area (Å²) in [6.07, 6.45) is 2.80.